The van der Waals surface area contributed by atoms with Crippen LogP contribution in [0.5, 0.6) is 0 Å². The molecule has 0 fully saturated rings. The van der Waals surface area contributed by atoms with Crippen molar-refractivity contribution in [3.05, 3.63) is 35.4 Å². The molecule has 0 saturated heterocycles. The van der Waals surface area contributed by atoms with Gasteiger partial charge in [0, 0.05) is 12.6 Å². The summed E-state index contributed by atoms with van der Waals surface area (Å²) in [6, 6.07) is 7.44. The molecule has 16 heavy (non-hydrogen) atoms. The van der Waals surface area contributed by atoms with Crippen LogP contribution in [-0.2, 0) is 0 Å². The normalized spacial score (nSPS) is 10.2. The van der Waals surface area contributed by atoms with Crippen molar-refractivity contribution in [3.8, 4) is 11.5 Å². The van der Waals surface area contributed by atoms with Crippen LogP contribution >= 0.6 is 0 Å². The molecule has 0 aliphatic heterocycles. The molecule has 0 atom stereocenters. The first kappa shape index (κ1) is 12.5. The molecule has 1 N–H and O–H groups in total. The van der Waals surface area contributed by atoms with Crippen molar-refractivity contribution in [3.63, 3.8) is 0 Å². The van der Waals surface area contributed by atoms with Gasteiger partial charge in [-0.1, -0.05) is 37.7 Å². The van der Waals surface area contributed by atoms with Gasteiger partial charge in [0.15, 0.2) is 0 Å². The molecule has 0 unspecified atom stereocenters. The highest BCUT2D eigenvalue weighted by atomic mass is 28.3. The van der Waals surface area contributed by atoms with Crippen molar-refractivity contribution in [1.29, 1.82) is 0 Å². The summed E-state index contributed by atoms with van der Waals surface area (Å²) in [4.78, 5) is 11.6. The van der Waals surface area contributed by atoms with E-state index in [1.54, 1.807) is 13.1 Å². The number of nitrogens with one attached hydrogen (secondary N) is 1. The number of carbonyl (C=O) groups is 1. The zero-order valence-electron chi connectivity index (χ0n) is 10.2. The van der Waals surface area contributed by atoms with E-state index in [4.69, 9.17) is 0 Å². The molecule has 84 valence electrons. The van der Waals surface area contributed by atoms with Gasteiger partial charge in [-0.15, -0.1) is 5.54 Å². The number of rotatable bonds is 1. The zero-order valence-corrected chi connectivity index (χ0v) is 11.2. The third kappa shape index (κ3) is 3.56. The van der Waals surface area contributed by atoms with Crippen LogP contribution in [0.15, 0.2) is 24.3 Å². The molecule has 1 aromatic rings. The minimum atomic E-state index is -1.40. The van der Waals surface area contributed by atoms with E-state index >= 15 is 0 Å². The summed E-state index contributed by atoms with van der Waals surface area (Å²) in [5.41, 5.74) is 4.72. The molecule has 0 bridgehead atoms. The minimum Gasteiger partial charge on any atom is -0.355 e. The summed E-state index contributed by atoms with van der Waals surface area (Å²) >= 11 is 0. The van der Waals surface area contributed by atoms with Crippen molar-refractivity contribution in [2.24, 2.45) is 0 Å². The van der Waals surface area contributed by atoms with Crippen LogP contribution in [0.1, 0.15) is 15.9 Å². The maximum Gasteiger partial charge on any atom is 0.252 e. The maximum absolute atomic E-state index is 11.6. The average Bonchev–Trinajstić information content (AvgIpc) is 2.25. The maximum atomic E-state index is 11.6. The van der Waals surface area contributed by atoms with Crippen LogP contribution in [0.25, 0.3) is 0 Å². The molecule has 1 amide bonds. The predicted octanol–water partition coefficient (Wildman–Crippen LogP) is 2.28. The van der Waals surface area contributed by atoms with E-state index in [0.717, 1.165) is 5.56 Å². The lowest BCUT2D eigenvalue weighted by molar-refractivity contribution is 0.0963. The molecule has 0 spiro atoms. The lowest BCUT2D eigenvalue weighted by Gasteiger charge is -2.05. The number of benzene rings is 1. The third-order valence-corrected chi connectivity index (χ3v) is 2.85. The zero-order chi connectivity index (χ0) is 12.2. The number of amides is 1. The van der Waals surface area contributed by atoms with Crippen molar-refractivity contribution in [2.75, 3.05) is 7.05 Å². The second-order valence-electron chi connectivity index (χ2n) is 4.62. The summed E-state index contributed by atoms with van der Waals surface area (Å²) in [5, 5.41) is 2.62. The summed E-state index contributed by atoms with van der Waals surface area (Å²) in [5.74, 6) is 3.04. The highest BCUT2D eigenvalue weighted by Gasteiger charge is 2.10. The van der Waals surface area contributed by atoms with Crippen molar-refractivity contribution >= 4 is 14.0 Å². The smallest absolute Gasteiger partial charge is 0.252 e. The Hall–Kier alpha value is -1.53. The molecule has 0 aliphatic rings. The van der Waals surface area contributed by atoms with Crippen molar-refractivity contribution < 1.29 is 4.79 Å². The van der Waals surface area contributed by atoms with Crippen molar-refractivity contribution in [1.82, 2.24) is 5.32 Å². The van der Waals surface area contributed by atoms with E-state index in [1.165, 1.54) is 0 Å². The summed E-state index contributed by atoms with van der Waals surface area (Å²) in [7, 11) is 0.229. The first-order chi connectivity index (χ1) is 7.44. The Morgan fingerprint density at radius 2 is 1.88 bits per heavy atom. The molecule has 1 rings (SSSR count). The van der Waals surface area contributed by atoms with Gasteiger partial charge >= 0.3 is 0 Å². The first-order valence-corrected chi connectivity index (χ1v) is 8.78. The second-order valence-corrected chi connectivity index (χ2v) is 9.37. The topological polar surface area (TPSA) is 29.1 Å². The SMILES string of the molecule is CNC(=O)c1ccccc1C#C[Si](C)(C)C. The Morgan fingerprint density at radius 3 is 2.44 bits per heavy atom. The van der Waals surface area contributed by atoms with Crippen LogP contribution < -0.4 is 5.32 Å². The Kier molecular flexibility index (Phi) is 3.91. The van der Waals surface area contributed by atoms with Crippen LogP contribution in [0, 0.1) is 11.5 Å². The molecule has 0 saturated carbocycles. The molecule has 3 heteroatoms. The monoisotopic (exact) mass is 231 g/mol. The van der Waals surface area contributed by atoms with E-state index in [-0.39, 0.29) is 5.91 Å². The van der Waals surface area contributed by atoms with Crippen LogP contribution in [0.3, 0.4) is 0 Å². The van der Waals surface area contributed by atoms with Crippen LogP contribution in [0.4, 0.5) is 0 Å². The summed E-state index contributed by atoms with van der Waals surface area (Å²) in [6.07, 6.45) is 0. The number of hydrogen-bond acceptors (Lipinski definition) is 1. The van der Waals surface area contributed by atoms with Crippen molar-refractivity contribution in [2.45, 2.75) is 19.6 Å². The molecule has 2 nitrogen and oxygen atoms in total. The Bertz CT molecular complexity index is 449. The standard InChI is InChI=1S/C13H17NOSi/c1-14-13(15)12-8-6-5-7-11(12)9-10-16(2,3)4/h5-8H,1-4H3,(H,14,15). The predicted molar refractivity (Wildman–Crippen MR) is 70.1 cm³/mol. The Balaban J connectivity index is 3.13. The summed E-state index contributed by atoms with van der Waals surface area (Å²) < 4.78 is 0. The molecular formula is C13H17NOSi. The van der Waals surface area contributed by atoms with Crippen LogP contribution in [0.2, 0.25) is 19.6 Å². The van der Waals surface area contributed by atoms with Gasteiger partial charge in [-0.25, -0.2) is 0 Å². The summed E-state index contributed by atoms with van der Waals surface area (Å²) in [6.45, 7) is 6.55. The first-order valence-electron chi connectivity index (χ1n) is 5.28. The highest BCUT2D eigenvalue weighted by molar-refractivity contribution is 6.83. The van der Waals surface area contributed by atoms with E-state index in [9.17, 15) is 4.79 Å². The third-order valence-electron chi connectivity index (χ3n) is 1.97. The lowest BCUT2D eigenvalue weighted by Crippen LogP contribution is -2.19. The fraction of sp³-hybridized carbons (Fsp3) is 0.308. The second kappa shape index (κ2) is 5.00. The molecule has 0 aliphatic carbocycles. The highest BCUT2D eigenvalue weighted by Crippen LogP contribution is 2.08. The lowest BCUT2D eigenvalue weighted by atomic mass is 10.1. The molecular weight excluding hydrogens is 214 g/mol. The van der Waals surface area contributed by atoms with Gasteiger partial charge in [0.2, 0.25) is 0 Å². The Morgan fingerprint density at radius 1 is 1.25 bits per heavy atom. The van der Waals surface area contributed by atoms with E-state index < -0.39 is 8.07 Å². The number of carbonyl (C=O) groups excluding carboxylic acids is 1. The minimum absolute atomic E-state index is 0.0829. The molecule has 0 aromatic heterocycles. The van der Waals surface area contributed by atoms with Gasteiger partial charge in [-0.05, 0) is 12.1 Å². The van der Waals surface area contributed by atoms with Gasteiger partial charge in [0.1, 0.15) is 8.07 Å². The van der Waals surface area contributed by atoms with Gasteiger partial charge in [-0.3, -0.25) is 4.79 Å². The van der Waals surface area contributed by atoms with E-state index in [0.29, 0.717) is 5.56 Å². The van der Waals surface area contributed by atoms with Crippen LogP contribution in [-0.4, -0.2) is 21.0 Å². The fourth-order valence-electron chi connectivity index (χ4n) is 1.18. The molecule has 0 radical (unpaired) electrons. The van der Waals surface area contributed by atoms with Gasteiger partial charge in [0.25, 0.3) is 5.91 Å². The number of hydrogen-bond donors (Lipinski definition) is 1. The largest absolute Gasteiger partial charge is 0.355 e. The van der Waals surface area contributed by atoms with Gasteiger partial charge in [0.05, 0.1) is 5.56 Å². The van der Waals surface area contributed by atoms with Gasteiger partial charge in [-0.2, -0.15) is 0 Å². The fourth-order valence-corrected chi connectivity index (χ4v) is 1.69. The molecule has 1 aromatic carbocycles. The molecule has 0 heterocycles. The Labute approximate surface area is 98.1 Å². The van der Waals surface area contributed by atoms with Gasteiger partial charge < -0.3 is 5.32 Å². The van der Waals surface area contributed by atoms with E-state index in [1.807, 2.05) is 18.2 Å². The average molecular weight is 231 g/mol. The quantitative estimate of drug-likeness (QED) is 0.583. The van der Waals surface area contributed by atoms with E-state index in [2.05, 4.69) is 36.4 Å².